The Hall–Kier alpha value is -4.25. The predicted molar refractivity (Wildman–Crippen MR) is 137 cm³/mol. The summed E-state index contributed by atoms with van der Waals surface area (Å²) in [4.78, 5) is 52.2. The number of aliphatic carboxylic acids is 1. The molecule has 1 atom stereocenters. The molecular weight excluding hydrogens is 494 g/mol. The van der Waals surface area contributed by atoms with Crippen LogP contribution in [0.25, 0.3) is 0 Å². The second-order valence-corrected chi connectivity index (χ2v) is 9.06. The Morgan fingerprint density at radius 1 is 0.865 bits per heavy atom. The van der Waals surface area contributed by atoms with Crippen LogP contribution in [0.15, 0.2) is 66.0 Å². The van der Waals surface area contributed by atoms with E-state index < -0.39 is 30.2 Å². The summed E-state index contributed by atoms with van der Waals surface area (Å²) in [6.45, 7) is 0.880. The van der Waals surface area contributed by atoms with Gasteiger partial charge in [-0.25, -0.2) is 9.78 Å². The Kier molecular flexibility index (Phi) is 10.6. The zero-order chi connectivity index (χ0) is 26.5. The number of hydrogen-bond donors (Lipinski definition) is 4. The number of rotatable bonds is 13. The summed E-state index contributed by atoms with van der Waals surface area (Å²) in [6.07, 6.45) is 0.252. The quantitative estimate of drug-likeness (QED) is 0.252. The van der Waals surface area contributed by atoms with Gasteiger partial charge < -0.3 is 25.9 Å². The van der Waals surface area contributed by atoms with E-state index in [-0.39, 0.29) is 29.7 Å². The number of carbonyl (C=O) groups excluding carboxylic acids is 4. The summed E-state index contributed by atoms with van der Waals surface area (Å²) in [5, 5.41) is 23.7. The van der Waals surface area contributed by atoms with Crippen LogP contribution in [0, 0.1) is 5.92 Å². The summed E-state index contributed by atoms with van der Waals surface area (Å²) < 4.78 is 0. The summed E-state index contributed by atoms with van der Waals surface area (Å²) in [7, 11) is 0. The van der Waals surface area contributed by atoms with Crippen molar-refractivity contribution in [3.63, 3.8) is 0 Å². The molecule has 10 nitrogen and oxygen atoms in total. The number of nitrogens with zero attached hydrogens (tertiary/aromatic N) is 1. The van der Waals surface area contributed by atoms with Gasteiger partial charge in [-0.1, -0.05) is 60.7 Å². The summed E-state index contributed by atoms with van der Waals surface area (Å²) >= 11 is 1.12. The van der Waals surface area contributed by atoms with E-state index in [1.54, 1.807) is 0 Å². The van der Waals surface area contributed by atoms with Crippen molar-refractivity contribution in [3.8, 4) is 0 Å². The van der Waals surface area contributed by atoms with Gasteiger partial charge in [0.15, 0.2) is 5.13 Å². The van der Waals surface area contributed by atoms with Crippen molar-refractivity contribution in [2.45, 2.75) is 32.4 Å². The molecule has 3 aromatic rings. The van der Waals surface area contributed by atoms with E-state index in [0.29, 0.717) is 19.5 Å². The first-order valence-electron chi connectivity index (χ1n) is 11.7. The molecule has 0 spiro atoms. The van der Waals surface area contributed by atoms with Gasteiger partial charge in [-0.2, -0.15) is 0 Å². The number of nitrogens with one attached hydrogen (secondary N) is 4. The Labute approximate surface area is 218 Å². The van der Waals surface area contributed by atoms with E-state index in [9.17, 15) is 24.3 Å². The van der Waals surface area contributed by atoms with Gasteiger partial charge in [0.25, 0.3) is 5.91 Å². The number of urea groups is 1. The molecule has 0 bridgehead atoms. The van der Waals surface area contributed by atoms with E-state index in [2.05, 4.69) is 26.3 Å². The number of carboxylic acid groups (broad SMARTS) is 1. The number of amides is 4. The Balaban J connectivity index is 1.39. The average molecular weight is 523 g/mol. The number of anilines is 1. The van der Waals surface area contributed by atoms with Crippen molar-refractivity contribution in [2.75, 3.05) is 11.9 Å². The van der Waals surface area contributed by atoms with Crippen LogP contribution in [0.4, 0.5) is 9.93 Å². The summed E-state index contributed by atoms with van der Waals surface area (Å²) in [6, 6.07) is 18.3. The van der Waals surface area contributed by atoms with Gasteiger partial charge in [0.1, 0.15) is 5.69 Å². The van der Waals surface area contributed by atoms with E-state index in [0.717, 1.165) is 22.5 Å². The van der Waals surface area contributed by atoms with Crippen molar-refractivity contribution in [3.05, 3.63) is 82.9 Å². The van der Waals surface area contributed by atoms with Crippen LogP contribution in [0.1, 0.15) is 40.9 Å². The first-order valence-corrected chi connectivity index (χ1v) is 12.6. The molecule has 0 aliphatic rings. The zero-order valence-electron chi connectivity index (χ0n) is 20.1. The largest absolute Gasteiger partial charge is 0.550 e. The van der Waals surface area contributed by atoms with Crippen LogP contribution < -0.4 is 26.4 Å². The highest BCUT2D eigenvalue weighted by molar-refractivity contribution is 7.14. The first kappa shape index (κ1) is 27.3. The number of thiazole rings is 1. The van der Waals surface area contributed by atoms with E-state index in [1.165, 1.54) is 5.38 Å². The third-order valence-corrected chi connectivity index (χ3v) is 6.12. The van der Waals surface area contributed by atoms with Crippen LogP contribution in [-0.4, -0.2) is 35.3 Å². The second-order valence-electron chi connectivity index (χ2n) is 8.21. The lowest BCUT2D eigenvalue weighted by Gasteiger charge is -2.17. The molecule has 0 fully saturated rings. The molecule has 3 rings (SSSR count). The van der Waals surface area contributed by atoms with Crippen molar-refractivity contribution in [2.24, 2.45) is 5.92 Å². The lowest BCUT2D eigenvalue weighted by Crippen LogP contribution is -2.35. The lowest BCUT2D eigenvalue weighted by molar-refractivity contribution is -0.306. The Morgan fingerprint density at radius 2 is 1.49 bits per heavy atom. The van der Waals surface area contributed by atoms with Crippen LogP contribution in [0.5, 0.6) is 0 Å². The number of carbonyl (C=O) groups is 4. The monoisotopic (exact) mass is 522 g/mol. The molecule has 0 aliphatic carbocycles. The molecule has 194 valence electrons. The molecule has 1 unspecified atom stereocenters. The zero-order valence-corrected chi connectivity index (χ0v) is 20.9. The molecule has 4 amide bonds. The summed E-state index contributed by atoms with van der Waals surface area (Å²) in [5.41, 5.74) is 2.00. The third kappa shape index (κ3) is 9.73. The molecule has 1 aromatic heterocycles. The molecule has 11 heteroatoms. The van der Waals surface area contributed by atoms with E-state index >= 15 is 0 Å². The smallest absolute Gasteiger partial charge is 0.321 e. The van der Waals surface area contributed by atoms with Gasteiger partial charge in [-0.15, -0.1) is 11.3 Å². The van der Waals surface area contributed by atoms with Gasteiger partial charge in [0.05, 0.1) is 0 Å². The van der Waals surface area contributed by atoms with Gasteiger partial charge in [-0.05, 0) is 30.4 Å². The molecule has 2 aromatic carbocycles. The number of hydrogen-bond acceptors (Lipinski definition) is 7. The first-order chi connectivity index (χ1) is 17.9. The van der Waals surface area contributed by atoms with E-state index in [1.807, 2.05) is 60.7 Å². The van der Waals surface area contributed by atoms with Crippen LogP contribution in [-0.2, 0) is 22.7 Å². The second kappa shape index (κ2) is 14.3. The maximum absolute atomic E-state index is 12.5. The molecular formula is C26H28N5O5S-. The van der Waals surface area contributed by atoms with Crippen LogP contribution in [0.3, 0.4) is 0 Å². The van der Waals surface area contributed by atoms with Gasteiger partial charge >= 0.3 is 6.03 Å². The highest BCUT2D eigenvalue weighted by atomic mass is 32.1. The minimum absolute atomic E-state index is 0.148. The molecule has 0 saturated carbocycles. The highest BCUT2D eigenvalue weighted by Gasteiger charge is 2.19. The van der Waals surface area contributed by atoms with Crippen molar-refractivity contribution in [1.82, 2.24) is 20.9 Å². The molecule has 4 N–H and O–H groups in total. The fraction of sp³-hybridized carbons (Fsp3) is 0.269. The minimum Gasteiger partial charge on any atom is -0.550 e. The fourth-order valence-corrected chi connectivity index (χ4v) is 4.14. The predicted octanol–water partition coefficient (Wildman–Crippen LogP) is 2.05. The summed E-state index contributed by atoms with van der Waals surface area (Å²) in [5.74, 6) is -2.88. The van der Waals surface area contributed by atoms with Crippen molar-refractivity contribution in [1.29, 1.82) is 0 Å². The normalized spacial score (nSPS) is 11.2. The Morgan fingerprint density at radius 3 is 2.11 bits per heavy atom. The standard InChI is InChI=1S/C26H29N5O5S/c32-22(33)14-20(23(34)28-15-18-8-3-1-4-9-18)12-7-13-27-24(35)21-17-37-26(30-21)31-25(36)29-16-19-10-5-2-6-11-19/h1-6,8-11,17,20H,7,12-16H2,(H,27,35)(H,28,34)(H,32,33)(H2,29,30,31,36)/p-1. The van der Waals surface area contributed by atoms with Gasteiger partial charge in [0.2, 0.25) is 5.91 Å². The highest BCUT2D eigenvalue weighted by Crippen LogP contribution is 2.16. The topological polar surface area (TPSA) is 152 Å². The third-order valence-electron chi connectivity index (χ3n) is 5.36. The van der Waals surface area contributed by atoms with Crippen LogP contribution >= 0.6 is 11.3 Å². The molecule has 0 saturated heterocycles. The average Bonchev–Trinajstić information content (AvgIpc) is 3.37. The van der Waals surface area contributed by atoms with E-state index in [4.69, 9.17) is 0 Å². The molecule has 0 radical (unpaired) electrons. The molecule has 37 heavy (non-hydrogen) atoms. The van der Waals surface area contributed by atoms with Crippen LogP contribution in [0.2, 0.25) is 0 Å². The van der Waals surface area contributed by atoms with Gasteiger partial charge in [0, 0.05) is 36.9 Å². The number of aromatic nitrogens is 1. The molecule has 1 heterocycles. The van der Waals surface area contributed by atoms with Crippen molar-refractivity contribution < 1.29 is 24.3 Å². The SMILES string of the molecule is O=C([O-])CC(CCCNC(=O)c1csc(NC(=O)NCc2ccccc2)n1)C(=O)NCc1ccccc1. The maximum atomic E-state index is 12.5. The minimum atomic E-state index is -1.31. The maximum Gasteiger partial charge on any atom is 0.321 e. The lowest BCUT2D eigenvalue weighted by atomic mass is 9.98. The number of benzene rings is 2. The number of carboxylic acids is 1. The fourth-order valence-electron chi connectivity index (χ4n) is 3.45. The van der Waals surface area contributed by atoms with Gasteiger partial charge in [-0.3, -0.25) is 14.9 Å². The Bertz CT molecular complexity index is 1190. The van der Waals surface area contributed by atoms with Crippen molar-refractivity contribution >= 4 is 40.3 Å². The molecule has 0 aliphatic heterocycles.